The molecule has 0 aliphatic carbocycles. The molecule has 100 valence electrons. The Morgan fingerprint density at radius 2 is 1.63 bits per heavy atom. The van der Waals surface area contributed by atoms with Gasteiger partial charge in [-0.1, -0.05) is 30.3 Å². The molecule has 1 N–H and O–H groups in total. The van der Waals surface area contributed by atoms with Gasteiger partial charge in [0, 0.05) is 19.6 Å². The number of hydrogen-bond donors (Lipinski definition) is 1. The van der Waals surface area contributed by atoms with Crippen molar-refractivity contribution < 1.29 is 0 Å². The Hall–Kier alpha value is -2.10. The molecule has 0 unspecified atom stereocenters. The molecule has 1 aromatic heterocycles. The fourth-order valence-corrected chi connectivity index (χ4v) is 1.88. The first kappa shape index (κ1) is 13.3. The predicted molar refractivity (Wildman–Crippen MR) is 79.4 cm³/mol. The topological polar surface area (TPSA) is 41.1 Å². The second-order valence-electron chi connectivity index (χ2n) is 4.28. The summed E-state index contributed by atoms with van der Waals surface area (Å²) in [4.78, 5) is 10.9. The summed E-state index contributed by atoms with van der Waals surface area (Å²) in [7, 11) is 0. The van der Waals surface area contributed by atoms with Gasteiger partial charge >= 0.3 is 0 Å². The maximum atomic E-state index is 4.39. The molecule has 2 aromatic rings. The molecular formula is C15H20N4. The van der Waals surface area contributed by atoms with E-state index in [1.165, 1.54) is 5.56 Å². The molecule has 0 saturated carbocycles. The van der Waals surface area contributed by atoms with E-state index < -0.39 is 0 Å². The second kappa shape index (κ2) is 6.73. The maximum absolute atomic E-state index is 4.39. The van der Waals surface area contributed by atoms with E-state index in [1.54, 1.807) is 0 Å². The van der Waals surface area contributed by atoms with Crippen LogP contribution < -0.4 is 10.2 Å². The summed E-state index contributed by atoms with van der Waals surface area (Å²) in [5.41, 5.74) is 2.19. The summed E-state index contributed by atoms with van der Waals surface area (Å²) in [6.45, 7) is 6.85. The van der Waals surface area contributed by atoms with Gasteiger partial charge in [-0.15, -0.1) is 0 Å². The monoisotopic (exact) mass is 256 g/mol. The lowest BCUT2D eigenvalue weighted by atomic mass is 10.2. The van der Waals surface area contributed by atoms with Crippen molar-refractivity contribution in [2.45, 2.75) is 20.4 Å². The van der Waals surface area contributed by atoms with Crippen molar-refractivity contribution in [2.75, 3.05) is 23.3 Å². The molecule has 1 aromatic carbocycles. The third-order valence-corrected chi connectivity index (χ3v) is 3.02. The molecule has 1 heterocycles. The van der Waals surface area contributed by atoms with Gasteiger partial charge in [-0.05, 0) is 19.4 Å². The summed E-state index contributed by atoms with van der Waals surface area (Å²) >= 11 is 0. The van der Waals surface area contributed by atoms with Gasteiger partial charge in [0.05, 0.1) is 18.1 Å². The maximum Gasteiger partial charge on any atom is 0.225 e. The van der Waals surface area contributed by atoms with Crippen LogP contribution in [0.4, 0.5) is 11.6 Å². The first-order valence-electron chi connectivity index (χ1n) is 6.68. The minimum absolute atomic E-state index is 0.787. The molecular weight excluding hydrogens is 236 g/mol. The van der Waals surface area contributed by atoms with Gasteiger partial charge in [-0.25, -0.2) is 9.97 Å². The van der Waals surface area contributed by atoms with Crippen LogP contribution in [-0.4, -0.2) is 23.1 Å². The SMILES string of the molecule is CCN(CC)c1ncc(NCc2ccccc2)cn1. The number of nitrogens with one attached hydrogen (secondary N) is 1. The van der Waals surface area contributed by atoms with E-state index in [-0.39, 0.29) is 0 Å². The zero-order chi connectivity index (χ0) is 13.5. The molecule has 0 atom stereocenters. The van der Waals surface area contributed by atoms with E-state index in [0.717, 1.165) is 31.3 Å². The van der Waals surface area contributed by atoms with Gasteiger partial charge in [-0.3, -0.25) is 0 Å². The molecule has 0 fully saturated rings. The van der Waals surface area contributed by atoms with Crippen LogP contribution in [0.3, 0.4) is 0 Å². The van der Waals surface area contributed by atoms with Crippen molar-refractivity contribution >= 4 is 11.6 Å². The molecule has 0 aliphatic heterocycles. The van der Waals surface area contributed by atoms with Crippen LogP contribution in [0.5, 0.6) is 0 Å². The number of benzene rings is 1. The van der Waals surface area contributed by atoms with Crippen molar-refractivity contribution in [2.24, 2.45) is 0 Å². The van der Waals surface area contributed by atoms with Crippen LogP contribution in [-0.2, 0) is 6.54 Å². The van der Waals surface area contributed by atoms with Crippen molar-refractivity contribution in [3.63, 3.8) is 0 Å². The average Bonchev–Trinajstić information content (AvgIpc) is 2.49. The summed E-state index contributed by atoms with van der Waals surface area (Å²) in [6, 6.07) is 10.3. The van der Waals surface area contributed by atoms with E-state index in [0.29, 0.717) is 0 Å². The number of nitrogens with zero attached hydrogens (tertiary/aromatic N) is 3. The van der Waals surface area contributed by atoms with Gasteiger partial charge < -0.3 is 10.2 Å². The van der Waals surface area contributed by atoms with Crippen LogP contribution in [0.2, 0.25) is 0 Å². The van der Waals surface area contributed by atoms with E-state index in [1.807, 2.05) is 30.6 Å². The highest BCUT2D eigenvalue weighted by Crippen LogP contribution is 2.11. The van der Waals surface area contributed by atoms with Gasteiger partial charge in [0.25, 0.3) is 0 Å². The molecule has 0 bridgehead atoms. The van der Waals surface area contributed by atoms with Crippen LogP contribution in [0, 0.1) is 0 Å². The zero-order valence-corrected chi connectivity index (χ0v) is 11.5. The van der Waals surface area contributed by atoms with Crippen LogP contribution in [0.1, 0.15) is 19.4 Å². The summed E-state index contributed by atoms with van der Waals surface area (Å²) < 4.78 is 0. The molecule has 0 radical (unpaired) electrons. The molecule has 0 saturated heterocycles. The third-order valence-electron chi connectivity index (χ3n) is 3.02. The van der Waals surface area contributed by atoms with Gasteiger partial charge in [-0.2, -0.15) is 0 Å². The highest BCUT2D eigenvalue weighted by atomic mass is 15.2. The Morgan fingerprint density at radius 3 is 2.21 bits per heavy atom. The Bertz CT molecular complexity index is 477. The quantitative estimate of drug-likeness (QED) is 0.862. The zero-order valence-electron chi connectivity index (χ0n) is 11.5. The number of hydrogen-bond acceptors (Lipinski definition) is 4. The summed E-state index contributed by atoms with van der Waals surface area (Å²) in [6.07, 6.45) is 3.67. The highest BCUT2D eigenvalue weighted by molar-refractivity contribution is 5.42. The summed E-state index contributed by atoms with van der Waals surface area (Å²) in [5.74, 6) is 0.787. The minimum Gasteiger partial charge on any atom is -0.378 e. The van der Waals surface area contributed by atoms with E-state index >= 15 is 0 Å². The standard InChI is InChI=1S/C15H20N4/c1-3-19(4-2)15-17-11-14(12-18-15)16-10-13-8-6-5-7-9-13/h5-9,11-12,16H,3-4,10H2,1-2H3. The van der Waals surface area contributed by atoms with E-state index in [2.05, 4.69) is 46.2 Å². The molecule has 0 aliphatic rings. The lowest BCUT2D eigenvalue weighted by Crippen LogP contribution is -2.24. The highest BCUT2D eigenvalue weighted by Gasteiger charge is 2.04. The van der Waals surface area contributed by atoms with Crippen LogP contribution >= 0.6 is 0 Å². The van der Waals surface area contributed by atoms with Crippen LogP contribution in [0.25, 0.3) is 0 Å². The van der Waals surface area contributed by atoms with Gasteiger partial charge in [0.2, 0.25) is 5.95 Å². The number of aromatic nitrogens is 2. The normalized spacial score (nSPS) is 10.2. The predicted octanol–water partition coefficient (Wildman–Crippen LogP) is 2.93. The van der Waals surface area contributed by atoms with Crippen molar-refractivity contribution in [3.05, 3.63) is 48.3 Å². The smallest absolute Gasteiger partial charge is 0.225 e. The Kier molecular flexibility index (Phi) is 4.72. The Morgan fingerprint density at radius 1 is 1.00 bits per heavy atom. The first-order chi connectivity index (χ1) is 9.33. The third kappa shape index (κ3) is 3.68. The van der Waals surface area contributed by atoms with E-state index in [4.69, 9.17) is 0 Å². The lowest BCUT2D eigenvalue weighted by Gasteiger charge is -2.18. The fourth-order valence-electron chi connectivity index (χ4n) is 1.88. The van der Waals surface area contributed by atoms with Crippen LogP contribution in [0.15, 0.2) is 42.7 Å². The number of rotatable bonds is 6. The van der Waals surface area contributed by atoms with Crippen molar-refractivity contribution in [1.29, 1.82) is 0 Å². The Balaban J connectivity index is 1.95. The second-order valence-corrected chi connectivity index (χ2v) is 4.28. The molecule has 0 spiro atoms. The molecule has 0 amide bonds. The van der Waals surface area contributed by atoms with Crippen molar-refractivity contribution in [1.82, 2.24) is 9.97 Å². The van der Waals surface area contributed by atoms with Gasteiger partial charge in [0.1, 0.15) is 0 Å². The van der Waals surface area contributed by atoms with E-state index in [9.17, 15) is 0 Å². The lowest BCUT2D eigenvalue weighted by molar-refractivity contribution is 0.821. The largest absolute Gasteiger partial charge is 0.378 e. The summed E-state index contributed by atoms with van der Waals surface area (Å²) in [5, 5.41) is 3.32. The Labute approximate surface area is 114 Å². The van der Waals surface area contributed by atoms with Gasteiger partial charge in [0.15, 0.2) is 0 Å². The fraction of sp³-hybridized carbons (Fsp3) is 0.333. The first-order valence-corrected chi connectivity index (χ1v) is 6.68. The van der Waals surface area contributed by atoms with Crippen molar-refractivity contribution in [3.8, 4) is 0 Å². The molecule has 4 heteroatoms. The molecule has 4 nitrogen and oxygen atoms in total. The average molecular weight is 256 g/mol. The minimum atomic E-state index is 0.787. The molecule has 19 heavy (non-hydrogen) atoms. The molecule has 2 rings (SSSR count). The number of anilines is 2.